The lowest BCUT2D eigenvalue weighted by Gasteiger charge is -2.08. The van der Waals surface area contributed by atoms with Crippen molar-refractivity contribution in [3.8, 4) is 5.69 Å². The second-order valence-corrected chi connectivity index (χ2v) is 6.89. The molecule has 0 amide bonds. The number of nitrogens with zero attached hydrogens (tertiary/aromatic N) is 2. The lowest BCUT2D eigenvalue weighted by Crippen LogP contribution is -1.99. The van der Waals surface area contributed by atoms with Crippen LogP contribution in [-0.2, 0) is 0 Å². The Kier molecular flexibility index (Phi) is 4.72. The van der Waals surface area contributed by atoms with Crippen molar-refractivity contribution in [3.63, 3.8) is 0 Å². The van der Waals surface area contributed by atoms with Crippen LogP contribution in [0.1, 0.15) is 28.1 Å². The van der Waals surface area contributed by atoms with E-state index in [0.29, 0.717) is 0 Å². The molecule has 0 saturated carbocycles. The van der Waals surface area contributed by atoms with Crippen molar-refractivity contribution in [2.45, 2.75) is 27.7 Å². The highest BCUT2D eigenvalue weighted by Crippen LogP contribution is 2.30. The molecule has 0 fully saturated rings. The molecule has 2 nitrogen and oxygen atoms in total. The summed E-state index contributed by atoms with van der Waals surface area (Å²) in [7, 11) is 0. The first kappa shape index (κ1) is 16.7. The molecule has 0 atom stereocenters. The van der Waals surface area contributed by atoms with Gasteiger partial charge in [0.15, 0.2) is 0 Å². The van der Waals surface area contributed by atoms with Gasteiger partial charge in [0.1, 0.15) is 0 Å². The predicted molar refractivity (Wildman–Crippen MR) is 106 cm³/mol. The van der Waals surface area contributed by atoms with Gasteiger partial charge < -0.3 is 4.57 Å². The van der Waals surface area contributed by atoms with Gasteiger partial charge in [0.25, 0.3) is 0 Å². The lowest BCUT2D eigenvalue weighted by atomic mass is 10.1. The zero-order valence-electron chi connectivity index (χ0n) is 14.5. The monoisotopic (exact) mass is 380 g/mol. The smallest absolute Gasteiger partial charge is 0.0632 e. The van der Waals surface area contributed by atoms with E-state index < -0.39 is 0 Å². The van der Waals surface area contributed by atoms with Crippen LogP contribution in [-0.4, -0.2) is 10.8 Å². The van der Waals surface area contributed by atoms with Gasteiger partial charge in [0.2, 0.25) is 0 Å². The molecule has 1 aromatic heterocycles. The summed E-state index contributed by atoms with van der Waals surface area (Å²) in [6.07, 6.45) is 1.95. The number of aryl methyl sites for hydroxylation is 2. The van der Waals surface area contributed by atoms with Gasteiger partial charge in [-0.3, -0.25) is 4.99 Å². The molecule has 0 aliphatic rings. The number of hydrogen-bond acceptors (Lipinski definition) is 1. The number of hydrogen-bond donors (Lipinski definition) is 0. The summed E-state index contributed by atoms with van der Waals surface area (Å²) >= 11 is 3.74. The van der Waals surface area contributed by atoms with E-state index in [1.807, 2.05) is 12.3 Å². The summed E-state index contributed by atoms with van der Waals surface area (Å²) < 4.78 is 3.35. The van der Waals surface area contributed by atoms with Gasteiger partial charge in [0, 0.05) is 33.3 Å². The van der Waals surface area contributed by atoms with E-state index >= 15 is 0 Å². The van der Waals surface area contributed by atoms with Gasteiger partial charge >= 0.3 is 0 Å². The molecule has 0 N–H and O–H groups in total. The summed E-state index contributed by atoms with van der Waals surface area (Å²) in [5, 5.41) is 0. The van der Waals surface area contributed by atoms with E-state index in [-0.39, 0.29) is 0 Å². The normalized spacial score (nSPS) is 11.4. The van der Waals surface area contributed by atoms with Crippen LogP contribution in [0.5, 0.6) is 0 Å². The Labute approximate surface area is 152 Å². The topological polar surface area (TPSA) is 17.3 Å². The van der Waals surface area contributed by atoms with Gasteiger partial charge in [-0.25, -0.2) is 0 Å². The molecule has 2 aromatic carbocycles. The van der Waals surface area contributed by atoms with Crippen molar-refractivity contribution in [2.75, 3.05) is 0 Å². The Morgan fingerprint density at radius 1 is 0.875 bits per heavy atom. The van der Waals surface area contributed by atoms with Crippen LogP contribution in [0.4, 0.5) is 5.69 Å². The summed E-state index contributed by atoms with van der Waals surface area (Å²) in [5.41, 5.74) is 8.18. The van der Waals surface area contributed by atoms with Crippen molar-refractivity contribution >= 4 is 27.8 Å². The Morgan fingerprint density at radius 2 is 1.58 bits per heavy atom. The summed E-state index contributed by atoms with van der Waals surface area (Å²) in [4.78, 5) is 4.68. The molecule has 0 bridgehead atoms. The summed E-state index contributed by atoms with van der Waals surface area (Å²) in [5.74, 6) is 0. The molecule has 0 saturated heterocycles. The first-order valence-electron chi connectivity index (χ1n) is 8.03. The highest BCUT2D eigenvalue weighted by molar-refractivity contribution is 9.10. The number of para-hydroxylation sites is 1. The number of halogens is 1. The molecule has 3 rings (SSSR count). The Morgan fingerprint density at radius 3 is 2.25 bits per heavy atom. The maximum atomic E-state index is 4.68. The van der Waals surface area contributed by atoms with Gasteiger partial charge in [-0.05, 0) is 79.0 Å². The van der Waals surface area contributed by atoms with Gasteiger partial charge in [-0.1, -0.05) is 24.3 Å². The molecule has 0 radical (unpaired) electrons. The zero-order valence-corrected chi connectivity index (χ0v) is 16.1. The van der Waals surface area contributed by atoms with E-state index in [4.69, 9.17) is 0 Å². The second-order valence-electron chi connectivity index (χ2n) is 6.10. The molecular formula is C21H21BrN2. The third-order valence-electron chi connectivity index (χ3n) is 4.46. The average Bonchev–Trinajstić information content (AvgIpc) is 2.79. The largest absolute Gasteiger partial charge is 0.317 e. The molecule has 3 heteroatoms. The minimum Gasteiger partial charge on any atom is -0.317 e. The average molecular weight is 381 g/mol. The van der Waals surface area contributed by atoms with Crippen LogP contribution in [0.25, 0.3) is 5.69 Å². The van der Waals surface area contributed by atoms with Crippen molar-refractivity contribution in [1.82, 2.24) is 4.57 Å². The highest BCUT2D eigenvalue weighted by Gasteiger charge is 2.15. The van der Waals surface area contributed by atoms with Crippen LogP contribution in [0.3, 0.4) is 0 Å². The lowest BCUT2D eigenvalue weighted by molar-refractivity contribution is 0.962. The fraction of sp³-hybridized carbons (Fsp3) is 0.190. The molecule has 24 heavy (non-hydrogen) atoms. The van der Waals surface area contributed by atoms with Crippen LogP contribution in [0.2, 0.25) is 0 Å². The fourth-order valence-corrected chi connectivity index (χ4v) is 3.45. The number of benzene rings is 2. The van der Waals surface area contributed by atoms with Crippen LogP contribution in [0.15, 0.2) is 58.0 Å². The van der Waals surface area contributed by atoms with Crippen LogP contribution >= 0.6 is 15.9 Å². The molecule has 3 aromatic rings. The van der Waals surface area contributed by atoms with Gasteiger partial charge in [-0.2, -0.15) is 0 Å². The molecule has 0 unspecified atom stereocenters. The summed E-state index contributed by atoms with van der Waals surface area (Å²) in [6, 6.07) is 16.7. The highest BCUT2D eigenvalue weighted by atomic mass is 79.9. The molecule has 122 valence electrons. The zero-order chi connectivity index (χ0) is 17.3. The summed E-state index contributed by atoms with van der Waals surface area (Å²) in [6.45, 7) is 8.49. The van der Waals surface area contributed by atoms with Crippen molar-refractivity contribution in [2.24, 2.45) is 4.99 Å². The third-order valence-corrected chi connectivity index (χ3v) is 5.46. The van der Waals surface area contributed by atoms with E-state index in [9.17, 15) is 0 Å². The second kappa shape index (κ2) is 6.78. The van der Waals surface area contributed by atoms with Crippen molar-refractivity contribution in [3.05, 3.63) is 81.1 Å². The predicted octanol–water partition coefficient (Wildman–Crippen LogP) is 6.22. The number of aliphatic imine (C=N–C) groups is 1. The number of aromatic nitrogens is 1. The molecule has 1 heterocycles. The first-order chi connectivity index (χ1) is 11.5. The first-order valence-corrected chi connectivity index (χ1v) is 8.82. The Balaban J connectivity index is 2.03. The van der Waals surface area contributed by atoms with E-state index in [1.165, 1.54) is 28.2 Å². The number of rotatable bonds is 3. The maximum Gasteiger partial charge on any atom is 0.0632 e. The molecular weight excluding hydrogens is 360 g/mol. The Bertz CT molecular complexity index is 905. The van der Waals surface area contributed by atoms with Crippen molar-refractivity contribution in [1.29, 1.82) is 0 Å². The molecule has 0 aliphatic carbocycles. The Hall–Kier alpha value is -2.13. The van der Waals surface area contributed by atoms with Gasteiger partial charge in [-0.15, -0.1) is 0 Å². The molecule has 0 aliphatic heterocycles. The van der Waals surface area contributed by atoms with Crippen LogP contribution < -0.4 is 0 Å². The van der Waals surface area contributed by atoms with E-state index in [1.54, 1.807) is 0 Å². The SMILES string of the molecule is Cc1ccc(N=Cc2c(Br)c(C)n(-c3ccccc3)c2C)cc1C. The van der Waals surface area contributed by atoms with Gasteiger partial charge in [0.05, 0.1) is 5.69 Å². The fourth-order valence-electron chi connectivity index (χ4n) is 2.88. The minimum atomic E-state index is 0.981. The van der Waals surface area contributed by atoms with Crippen LogP contribution in [0, 0.1) is 27.7 Å². The van der Waals surface area contributed by atoms with Crippen molar-refractivity contribution < 1.29 is 0 Å². The standard InChI is InChI=1S/C21H21BrN2/c1-14-10-11-18(12-15(14)2)23-13-20-16(3)24(17(4)21(20)22)19-8-6-5-7-9-19/h5-13H,1-4H3. The third kappa shape index (κ3) is 3.09. The van der Waals surface area contributed by atoms with E-state index in [2.05, 4.69) is 95.6 Å². The quantitative estimate of drug-likeness (QED) is 0.479. The minimum absolute atomic E-state index is 0.981. The molecule has 0 spiro atoms. The maximum absolute atomic E-state index is 4.68. The van der Waals surface area contributed by atoms with E-state index in [0.717, 1.165) is 15.7 Å².